The van der Waals surface area contributed by atoms with Gasteiger partial charge >= 0.3 is 6.03 Å². The number of urea groups is 1. The number of hydrogen-bond acceptors (Lipinski definition) is 3. The summed E-state index contributed by atoms with van der Waals surface area (Å²) in [5.74, 6) is 1.09. The fourth-order valence-electron chi connectivity index (χ4n) is 3.33. The minimum atomic E-state index is -0.173. The van der Waals surface area contributed by atoms with Crippen LogP contribution in [0.25, 0.3) is 0 Å². The molecule has 24 heavy (non-hydrogen) atoms. The monoisotopic (exact) mass is 328 g/mol. The Kier molecular flexibility index (Phi) is 5.54. The van der Waals surface area contributed by atoms with Crippen molar-refractivity contribution in [2.75, 3.05) is 13.2 Å². The molecule has 2 aromatic rings. The van der Waals surface area contributed by atoms with Crippen LogP contribution in [0.4, 0.5) is 4.79 Å². The first kappa shape index (κ1) is 16.6. The van der Waals surface area contributed by atoms with E-state index >= 15 is 0 Å². The average Bonchev–Trinajstić information content (AvgIpc) is 3.09. The molecule has 0 saturated carbocycles. The van der Waals surface area contributed by atoms with E-state index in [4.69, 9.17) is 4.42 Å². The van der Waals surface area contributed by atoms with Gasteiger partial charge in [-0.1, -0.05) is 30.3 Å². The molecule has 5 nitrogen and oxygen atoms in total. The second-order valence-electron chi connectivity index (χ2n) is 6.22. The topological polar surface area (TPSA) is 74.5 Å². The lowest BCUT2D eigenvalue weighted by molar-refractivity contribution is 0.232. The zero-order valence-electron chi connectivity index (χ0n) is 13.7. The van der Waals surface area contributed by atoms with Gasteiger partial charge in [-0.25, -0.2) is 4.79 Å². The highest BCUT2D eigenvalue weighted by Gasteiger charge is 2.24. The molecule has 1 aromatic heterocycles. The summed E-state index contributed by atoms with van der Waals surface area (Å²) in [4.78, 5) is 12.3. The molecule has 0 spiro atoms. The number of furan rings is 1. The summed E-state index contributed by atoms with van der Waals surface area (Å²) >= 11 is 0. The molecule has 0 radical (unpaired) electrons. The maximum Gasteiger partial charge on any atom is 0.315 e. The molecule has 0 fully saturated rings. The van der Waals surface area contributed by atoms with E-state index in [0.717, 1.165) is 36.1 Å². The Balaban J connectivity index is 1.55. The van der Waals surface area contributed by atoms with Crippen LogP contribution in [0.15, 0.2) is 47.1 Å². The smallest absolute Gasteiger partial charge is 0.315 e. The van der Waals surface area contributed by atoms with Crippen LogP contribution in [0, 0.1) is 0 Å². The van der Waals surface area contributed by atoms with Gasteiger partial charge in [0.1, 0.15) is 5.76 Å². The summed E-state index contributed by atoms with van der Waals surface area (Å²) in [6.07, 6.45) is 5.20. The minimum Gasteiger partial charge on any atom is -0.469 e. The van der Waals surface area contributed by atoms with Crippen molar-refractivity contribution in [3.63, 3.8) is 0 Å². The molecule has 3 rings (SSSR count). The zero-order valence-corrected chi connectivity index (χ0v) is 13.7. The Bertz CT molecular complexity index is 654. The second-order valence-corrected chi connectivity index (χ2v) is 6.22. The third kappa shape index (κ3) is 3.97. The quantitative estimate of drug-likeness (QED) is 0.763. The largest absolute Gasteiger partial charge is 0.469 e. The van der Waals surface area contributed by atoms with Crippen molar-refractivity contribution in [3.05, 3.63) is 59.5 Å². The number of hydrogen-bond donors (Lipinski definition) is 3. The van der Waals surface area contributed by atoms with Gasteiger partial charge in [0.15, 0.2) is 0 Å². The molecule has 128 valence electrons. The highest BCUT2D eigenvalue weighted by molar-refractivity contribution is 5.74. The van der Waals surface area contributed by atoms with Crippen molar-refractivity contribution in [1.29, 1.82) is 0 Å². The molecule has 1 aliphatic rings. The fourth-order valence-corrected chi connectivity index (χ4v) is 3.33. The van der Waals surface area contributed by atoms with Gasteiger partial charge in [-0.3, -0.25) is 0 Å². The Morgan fingerprint density at radius 3 is 2.92 bits per heavy atom. The van der Waals surface area contributed by atoms with Crippen LogP contribution in [-0.2, 0) is 6.42 Å². The van der Waals surface area contributed by atoms with Gasteiger partial charge in [-0.05, 0) is 30.9 Å². The first-order valence-electron chi connectivity index (χ1n) is 8.54. The van der Waals surface area contributed by atoms with E-state index in [1.807, 2.05) is 36.4 Å². The Morgan fingerprint density at radius 2 is 2.12 bits per heavy atom. The van der Waals surface area contributed by atoms with Crippen LogP contribution < -0.4 is 10.6 Å². The molecule has 2 unspecified atom stereocenters. The number of benzene rings is 1. The Morgan fingerprint density at radius 1 is 1.29 bits per heavy atom. The lowest BCUT2D eigenvalue weighted by atomic mass is 9.93. The van der Waals surface area contributed by atoms with E-state index in [2.05, 4.69) is 10.6 Å². The van der Waals surface area contributed by atoms with E-state index in [1.54, 1.807) is 6.26 Å². The van der Waals surface area contributed by atoms with Crippen molar-refractivity contribution in [2.45, 2.75) is 37.6 Å². The van der Waals surface area contributed by atoms with E-state index in [1.165, 1.54) is 0 Å². The number of aryl methyl sites for hydroxylation is 1. The number of fused-ring (bicyclic) bond motifs is 1. The summed E-state index contributed by atoms with van der Waals surface area (Å²) in [6.45, 7) is 0.602. The van der Waals surface area contributed by atoms with E-state index < -0.39 is 0 Å². The maximum atomic E-state index is 12.3. The fraction of sp³-hybridized carbons (Fsp3) is 0.421. The van der Waals surface area contributed by atoms with E-state index in [9.17, 15) is 9.90 Å². The number of carbonyl (C=O) groups excluding carboxylic acids is 1. The van der Waals surface area contributed by atoms with Crippen LogP contribution in [0.5, 0.6) is 0 Å². The summed E-state index contributed by atoms with van der Waals surface area (Å²) in [6, 6.07) is 11.7. The van der Waals surface area contributed by atoms with Gasteiger partial charge in [0, 0.05) is 31.1 Å². The normalized spacial score (nSPS) is 17.8. The third-order valence-corrected chi connectivity index (χ3v) is 4.61. The van der Waals surface area contributed by atoms with Crippen LogP contribution in [0.3, 0.4) is 0 Å². The lowest BCUT2D eigenvalue weighted by Crippen LogP contribution is -2.40. The Labute approximate surface area is 142 Å². The van der Waals surface area contributed by atoms with E-state index in [0.29, 0.717) is 13.0 Å². The summed E-state index contributed by atoms with van der Waals surface area (Å²) in [7, 11) is 0. The molecule has 3 N–H and O–H groups in total. The van der Waals surface area contributed by atoms with Gasteiger partial charge in [0.05, 0.1) is 12.3 Å². The molecule has 1 aromatic carbocycles. The summed E-state index contributed by atoms with van der Waals surface area (Å²) in [5.41, 5.74) is 2.22. The molecule has 5 heteroatoms. The number of aliphatic hydroxyl groups is 1. The first-order valence-corrected chi connectivity index (χ1v) is 8.54. The van der Waals surface area contributed by atoms with Gasteiger partial charge in [0.2, 0.25) is 0 Å². The standard InChI is InChI=1S/C19H24N2O3/c22-11-9-15(14-5-2-1-3-6-14)13-20-19(23)21-17-7-4-8-18-16(17)10-12-24-18/h1-3,5-6,10,12,15,17,22H,4,7-9,11,13H2,(H2,20,21,23). The molecule has 0 aliphatic heterocycles. The molecular weight excluding hydrogens is 304 g/mol. The molecule has 1 aliphatic carbocycles. The SMILES string of the molecule is O=C(NCC(CCO)c1ccccc1)NC1CCCc2occc21. The Hall–Kier alpha value is -2.27. The molecule has 2 atom stereocenters. The number of nitrogens with one attached hydrogen (secondary N) is 2. The van der Waals surface area contributed by atoms with Crippen LogP contribution in [-0.4, -0.2) is 24.3 Å². The van der Waals surface area contributed by atoms with Crippen molar-refractivity contribution < 1.29 is 14.3 Å². The van der Waals surface area contributed by atoms with Crippen molar-refractivity contribution >= 4 is 6.03 Å². The summed E-state index contributed by atoms with van der Waals surface area (Å²) in [5, 5.41) is 15.3. The highest BCUT2D eigenvalue weighted by atomic mass is 16.3. The number of amides is 2. The van der Waals surface area contributed by atoms with Crippen LogP contribution >= 0.6 is 0 Å². The van der Waals surface area contributed by atoms with Gasteiger partial charge in [-0.2, -0.15) is 0 Å². The van der Waals surface area contributed by atoms with Gasteiger partial charge < -0.3 is 20.2 Å². The van der Waals surface area contributed by atoms with Crippen LogP contribution in [0.1, 0.15) is 48.1 Å². The molecule has 1 heterocycles. The average molecular weight is 328 g/mol. The molecule has 0 bridgehead atoms. The lowest BCUT2D eigenvalue weighted by Gasteiger charge is -2.24. The predicted octanol–water partition coefficient (Wildman–Crippen LogP) is 3.12. The van der Waals surface area contributed by atoms with Crippen molar-refractivity contribution in [3.8, 4) is 0 Å². The van der Waals surface area contributed by atoms with Gasteiger partial charge in [-0.15, -0.1) is 0 Å². The molecule has 2 amide bonds. The van der Waals surface area contributed by atoms with Crippen LogP contribution in [0.2, 0.25) is 0 Å². The number of aliphatic hydroxyl groups excluding tert-OH is 1. The predicted molar refractivity (Wildman–Crippen MR) is 91.8 cm³/mol. The number of rotatable bonds is 6. The molecule has 0 saturated heterocycles. The maximum absolute atomic E-state index is 12.3. The zero-order chi connectivity index (χ0) is 16.8. The van der Waals surface area contributed by atoms with Crippen molar-refractivity contribution in [1.82, 2.24) is 10.6 Å². The highest BCUT2D eigenvalue weighted by Crippen LogP contribution is 2.30. The summed E-state index contributed by atoms with van der Waals surface area (Å²) < 4.78 is 5.46. The van der Waals surface area contributed by atoms with Crippen molar-refractivity contribution in [2.24, 2.45) is 0 Å². The van der Waals surface area contributed by atoms with E-state index in [-0.39, 0.29) is 24.6 Å². The second kappa shape index (κ2) is 8.02. The number of carbonyl (C=O) groups is 1. The third-order valence-electron chi connectivity index (χ3n) is 4.61. The minimum absolute atomic E-state index is 0.0144. The first-order chi connectivity index (χ1) is 11.8. The molecular formula is C19H24N2O3. The van der Waals surface area contributed by atoms with Gasteiger partial charge in [0.25, 0.3) is 0 Å².